The quantitative estimate of drug-likeness (QED) is 0.936. The highest BCUT2D eigenvalue weighted by Gasteiger charge is 2.21. The Hall–Kier alpha value is -2.33. The molecule has 1 heterocycles. The van der Waals surface area contributed by atoms with E-state index in [9.17, 15) is 4.79 Å². The van der Waals surface area contributed by atoms with E-state index in [0.29, 0.717) is 5.56 Å². The van der Waals surface area contributed by atoms with E-state index in [1.165, 1.54) is 22.4 Å². The minimum atomic E-state index is -0.381. The van der Waals surface area contributed by atoms with Crippen LogP contribution in [-0.2, 0) is 0 Å². The Morgan fingerprint density at radius 2 is 1.60 bits per heavy atom. The lowest BCUT2D eigenvalue weighted by molar-refractivity contribution is 0.100. The predicted molar refractivity (Wildman–Crippen MR) is 104 cm³/mol. The highest BCUT2D eigenvalue weighted by atomic mass is 16.1. The van der Waals surface area contributed by atoms with Crippen molar-refractivity contribution in [2.75, 3.05) is 38.1 Å². The average molecular weight is 337 g/mol. The van der Waals surface area contributed by atoms with Crippen LogP contribution in [-0.4, -0.2) is 44.0 Å². The number of nitrogens with two attached hydrogens (primary N) is 1. The topological polar surface area (TPSA) is 49.6 Å². The Morgan fingerprint density at radius 1 is 0.960 bits per heavy atom. The summed E-state index contributed by atoms with van der Waals surface area (Å²) in [6.07, 6.45) is 0. The number of piperazine rings is 1. The Morgan fingerprint density at radius 3 is 2.24 bits per heavy atom. The lowest BCUT2D eigenvalue weighted by atomic mass is 9.90. The fourth-order valence-corrected chi connectivity index (χ4v) is 3.80. The van der Waals surface area contributed by atoms with Crippen LogP contribution in [0, 0.1) is 20.8 Å². The van der Waals surface area contributed by atoms with Crippen LogP contribution in [0.3, 0.4) is 0 Å². The minimum Gasteiger partial charge on any atom is -0.369 e. The van der Waals surface area contributed by atoms with Gasteiger partial charge in [0.1, 0.15) is 0 Å². The second-order valence-corrected chi connectivity index (χ2v) is 7.04. The summed E-state index contributed by atoms with van der Waals surface area (Å²) in [6.45, 7) is 10.8. The molecule has 0 aromatic heterocycles. The maximum absolute atomic E-state index is 11.8. The second kappa shape index (κ2) is 6.89. The number of hydrogen-bond acceptors (Lipinski definition) is 3. The van der Waals surface area contributed by atoms with Crippen LogP contribution in [0.4, 0.5) is 5.69 Å². The van der Waals surface area contributed by atoms with Crippen LogP contribution in [0.15, 0.2) is 30.3 Å². The summed E-state index contributed by atoms with van der Waals surface area (Å²) >= 11 is 0. The molecule has 4 heteroatoms. The normalized spacial score (nSPS) is 15.4. The number of amides is 1. The number of benzene rings is 2. The van der Waals surface area contributed by atoms with Crippen molar-refractivity contribution in [2.24, 2.45) is 5.73 Å². The number of primary amides is 1. The van der Waals surface area contributed by atoms with E-state index < -0.39 is 0 Å². The van der Waals surface area contributed by atoms with Crippen molar-refractivity contribution in [1.82, 2.24) is 4.90 Å². The number of nitrogens with zero attached hydrogens (tertiary/aromatic N) is 2. The van der Waals surface area contributed by atoms with Crippen molar-refractivity contribution >= 4 is 11.6 Å². The van der Waals surface area contributed by atoms with Gasteiger partial charge in [-0.1, -0.05) is 18.2 Å². The third-order valence-corrected chi connectivity index (χ3v) is 5.36. The molecule has 0 radical (unpaired) electrons. The summed E-state index contributed by atoms with van der Waals surface area (Å²) in [6, 6.07) is 9.81. The Balaban J connectivity index is 2.09. The highest BCUT2D eigenvalue weighted by Crippen LogP contribution is 2.36. The molecule has 1 aliphatic rings. The van der Waals surface area contributed by atoms with Gasteiger partial charge in [0.05, 0.1) is 0 Å². The van der Waals surface area contributed by atoms with E-state index >= 15 is 0 Å². The SMILES string of the molecule is Cc1cc(-c2ccccc2C(N)=O)c(C)c(C)c1N1CCN(C)CC1. The molecule has 3 rings (SSSR count). The predicted octanol–water partition coefficient (Wildman–Crippen LogP) is 3.13. The molecule has 2 aromatic rings. The van der Waals surface area contributed by atoms with Gasteiger partial charge in [0.25, 0.3) is 0 Å². The zero-order valence-corrected chi connectivity index (χ0v) is 15.6. The van der Waals surface area contributed by atoms with E-state index in [0.717, 1.165) is 37.3 Å². The van der Waals surface area contributed by atoms with E-state index in [1.807, 2.05) is 18.2 Å². The number of carbonyl (C=O) groups is 1. The Labute approximate surface area is 150 Å². The van der Waals surface area contributed by atoms with Gasteiger partial charge < -0.3 is 15.5 Å². The molecule has 2 N–H and O–H groups in total. The number of aryl methyl sites for hydroxylation is 1. The molecule has 1 aliphatic heterocycles. The van der Waals surface area contributed by atoms with Crippen molar-refractivity contribution in [1.29, 1.82) is 0 Å². The van der Waals surface area contributed by atoms with Crippen LogP contribution in [0.5, 0.6) is 0 Å². The molecule has 1 saturated heterocycles. The van der Waals surface area contributed by atoms with Gasteiger partial charge in [-0.2, -0.15) is 0 Å². The first kappa shape index (κ1) is 17.5. The molecule has 2 aromatic carbocycles. The van der Waals surface area contributed by atoms with Gasteiger partial charge in [-0.25, -0.2) is 0 Å². The van der Waals surface area contributed by atoms with Crippen molar-refractivity contribution < 1.29 is 4.79 Å². The summed E-state index contributed by atoms with van der Waals surface area (Å²) in [4.78, 5) is 16.7. The Kier molecular flexibility index (Phi) is 4.82. The highest BCUT2D eigenvalue weighted by molar-refractivity contribution is 6.00. The van der Waals surface area contributed by atoms with E-state index in [2.05, 4.69) is 43.7 Å². The first-order chi connectivity index (χ1) is 11.9. The number of likely N-dealkylation sites (N-methyl/N-ethyl adjacent to an activating group) is 1. The summed E-state index contributed by atoms with van der Waals surface area (Å²) in [7, 11) is 2.17. The molecule has 132 valence electrons. The standard InChI is InChI=1S/C21H27N3O/c1-14-13-19(17-7-5-6-8-18(17)21(22)25)15(2)16(3)20(14)24-11-9-23(4)10-12-24/h5-8,13H,9-12H2,1-4H3,(H2,22,25). The first-order valence-corrected chi connectivity index (χ1v) is 8.83. The third-order valence-electron chi connectivity index (χ3n) is 5.36. The zero-order chi connectivity index (χ0) is 18.1. The molecule has 0 aliphatic carbocycles. The van der Waals surface area contributed by atoms with Gasteiger partial charge in [-0.05, 0) is 67.8 Å². The van der Waals surface area contributed by atoms with E-state index in [-0.39, 0.29) is 5.91 Å². The molecular weight excluding hydrogens is 310 g/mol. The largest absolute Gasteiger partial charge is 0.369 e. The molecular formula is C21H27N3O. The molecule has 1 amide bonds. The first-order valence-electron chi connectivity index (χ1n) is 8.83. The summed E-state index contributed by atoms with van der Waals surface area (Å²) in [5.41, 5.74) is 13.3. The van der Waals surface area contributed by atoms with Crippen LogP contribution in [0.1, 0.15) is 27.0 Å². The van der Waals surface area contributed by atoms with Crippen molar-refractivity contribution in [2.45, 2.75) is 20.8 Å². The average Bonchev–Trinajstić information content (AvgIpc) is 2.60. The van der Waals surface area contributed by atoms with Crippen LogP contribution in [0.2, 0.25) is 0 Å². The molecule has 25 heavy (non-hydrogen) atoms. The van der Waals surface area contributed by atoms with Gasteiger partial charge in [-0.3, -0.25) is 4.79 Å². The molecule has 0 saturated carbocycles. The molecule has 0 bridgehead atoms. The monoisotopic (exact) mass is 337 g/mol. The molecule has 1 fully saturated rings. The van der Waals surface area contributed by atoms with Gasteiger partial charge in [-0.15, -0.1) is 0 Å². The number of carbonyl (C=O) groups excluding carboxylic acids is 1. The summed E-state index contributed by atoms with van der Waals surface area (Å²) < 4.78 is 0. The van der Waals surface area contributed by atoms with Crippen molar-refractivity contribution in [3.63, 3.8) is 0 Å². The second-order valence-electron chi connectivity index (χ2n) is 7.04. The van der Waals surface area contributed by atoms with Crippen LogP contribution < -0.4 is 10.6 Å². The fraction of sp³-hybridized carbons (Fsp3) is 0.381. The summed E-state index contributed by atoms with van der Waals surface area (Å²) in [5.74, 6) is -0.381. The zero-order valence-electron chi connectivity index (χ0n) is 15.6. The van der Waals surface area contributed by atoms with Gasteiger partial charge in [0, 0.05) is 37.4 Å². The van der Waals surface area contributed by atoms with E-state index in [1.54, 1.807) is 6.07 Å². The van der Waals surface area contributed by atoms with Gasteiger partial charge in [0.15, 0.2) is 0 Å². The fourth-order valence-electron chi connectivity index (χ4n) is 3.80. The summed E-state index contributed by atoms with van der Waals surface area (Å²) in [5, 5.41) is 0. The van der Waals surface area contributed by atoms with Crippen molar-refractivity contribution in [3.05, 3.63) is 52.6 Å². The van der Waals surface area contributed by atoms with Crippen molar-refractivity contribution in [3.8, 4) is 11.1 Å². The van der Waals surface area contributed by atoms with Gasteiger partial charge in [0.2, 0.25) is 5.91 Å². The Bertz CT molecular complexity index is 805. The van der Waals surface area contributed by atoms with E-state index in [4.69, 9.17) is 5.73 Å². The van der Waals surface area contributed by atoms with Crippen LogP contribution >= 0.6 is 0 Å². The third kappa shape index (κ3) is 3.27. The molecule has 0 spiro atoms. The van der Waals surface area contributed by atoms with Crippen LogP contribution in [0.25, 0.3) is 11.1 Å². The molecule has 0 atom stereocenters. The maximum Gasteiger partial charge on any atom is 0.249 e. The number of anilines is 1. The smallest absolute Gasteiger partial charge is 0.249 e. The molecule has 4 nitrogen and oxygen atoms in total. The lowest BCUT2D eigenvalue weighted by Crippen LogP contribution is -2.45. The number of rotatable bonds is 3. The van der Waals surface area contributed by atoms with Gasteiger partial charge >= 0.3 is 0 Å². The minimum absolute atomic E-state index is 0.381. The number of hydrogen-bond donors (Lipinski definition) is 1. The lowest BCUT2D eigenvalue weighted by Gasteiger charge is -2.36. The maximum atomic E-state index is 11.8. The molecule has 0 unspecified atom stereocenters.